The van der Waals surface area contributed by atoms with Crippen molar-refractivity contribution in [3.8, 4) is 0 Å². The lowest BCUT2D eigenvalue weighted by Crippen LogP contribution is -2.41. The number of carbonyl (C=O) groups excluding carboxylic acids is 4. The van der Waals surface area contributed by atoms with Crippen molar-refractivity contribution in [2.75, 3.05) is 55.4 Å². The van der Waals surface area contributed by atoms with Crippen LogP contribution in [0.2, 0.25) is 0 Å². The normalized spacial score (nSPS) is 12.1. The summed E-state index contributed by atoms with van der Waals surface area (Å²) in [7, 11) is 5.76. The van der Waals surface area contributed by atoms with Gasteiger partial charge >= 0.3 is 0 Å². The molecule has 3 heterocycles. The van der Waals surface area contributed by atoms with E-state index in [2.05, 4.69) is 57.5 Å². The maximum atomic E-state index is 12.9. The van der Waals surface area contributed by atoms with E-state index < -0.39 is 0 Å². The summed E-state index contributed by atoms with van der Waals surface area (Å²) < 4.78 is 8.32. The lowest BCUT2D eigenvalue weighted by Gasteiger charge is -2.27. The second-order valence-corrected chi connectivity index (χ2v) is 15.0. The SMILES string of the molecule is CN(CCS)C(=O)c1ccc(NCCCn2cc[n+](C)c2)c2cccc(C=O)c12.C[n+]1ccn(CCCNc2ccc3c4c(cccc24)C(=O)N(CCS)C3=O)c1. The van der Waals surface area contributed by atoms with E-state index in [4.69, 9.17) is 0 Å². The molecule has 0 saturated heterocycles. The van der Waals surface area contributed by atoms with Crippen LogP contribution in [0, 0.1) is 0 Å². The highest BCUT2D eigenvalue weighted by molar-refractivity contribution is 7.80. The molecule has 12 nitrogen and oxygen atoms in total. The molecule has 2 aromatic heterocycles. The molecule has 4 aromatic carbocycles. The molecule has 0 fully saturated rings. The molecule has 3 amide bonds. The van der Waals surface area contributed by atoms with Crippen LogP contribution in [0.1, 0.15) is 54.3 Å². The van der Waals surface area contributed by atoms with E-state index in [1.54, 1.807) is 30.1 Å². The number of rotatable bonds is 16. The molecular weight excluding hydrogens is 757 g/mol. The average Bonchev–Trinajstić information content (AvgIpc) is 3.85. The van der Waals surface area contributed by atoms with Gasteiger partial charge in [0.15, 0.2) is 6.29 Å². The number of carbonyl (C=O) groups is 4. The van der Waals surface area contributed by atoms with E-state index >= 15 is 0 Å². The minimum absolute atomic E-state index is 0.106. The molecule has 2 N–H and O–H groups in total. The zero-order valence-corrected chi connectivity index (χ0v) is 34.4. The average molecular weight is 807 g/mol. The van der Waals surface area contributed by atoms with Crippen LogP contribution < -0.4 is 19.8 Å². The number of imide groups is 1. The molecule has 57 heavy (non-hydrogen) atoms. The van der Waals surface area contributed by atoms with Crippen LogP contribution in [-0.4, -0.2) is 87.7 Å². The zero-order chi connectivity index (χ0) is 40.5. The molecule has 0 atom stereocenters. The van der Waals surface area contributed by atoms with Crippen LogP contribution in [-0.2, 0) is 27.2 Å². The highest BCUT2D eigenvalue weighted by Crippen LogP contribution is 2.34. The van der Waals surface area contributed by atoms with Crippen LogP contribution in [0.15, 0.2) is 98.1 Å². The van der Waals surface area contributed by atoms with Crippen molar-refractivity contribution < 1.29 is 28.3 Å². The van der Waals surface area contributed by atoms with Gasteiger partial charge in [0.2, 0.25) is 12.7 Å². The smallest absolute Gasteiger partial charge is 0.261 e. The van der Waals surface area contributed by atoms with E-state index in [1.807, 2.05) is 90.6 Å². The molecule has 0 unspecified atom stereocenters. The van der Waals surface area contributed by atoms with E-state index in [9.17, 15) is 19.2 Å². The number of hydrogen-bond donors (Lipinski definition) is 4. The fourth-order valence-electron chi connectivity index (χ4n) is 7.16. The molecule has 1 aliphatic heterocycles. The number of hydrogen-bond acceptors (Lipinski definition) is 8. The van der Waals surface area contributed by atoms with Crippen molar-refractivity contribution in [3.05, 3.63) is 120 Å². The summed E-state index contributed by atoms with van der Waals surface area (Å²) in [6, 6.07) is 18.7. The number of nitrogens with zero attached hydrogens (tertiary/aromatic N) is 6. The third kappa shape index (κ3) is 9.35. The van der Waals surface area contributed by atoms with Gasteiger partial charge in [0.25, 0.3) is 17.7 Å². The van der Waals surface area contributed by atoms with E-state index in [0.717, 1.165) is 72.8 Å². The largest absolute Gasteiger partial charge is 0.384 e. The molecule has 0 spiro atoms. The predicted molar refractivity (Wildman–Crippen MR) is 231 cm³/mol. The van der Waals surface area contributed by atoms with Gasteiger partial charge < -0.3 is 15.5 Å². The summed E-state index contributed by atoms with van der Waals surface area (Å²) in [5, 5.41) is 10.2. The monoisotopic (exact) mass is 806 g/mol. The first-order valence-corrected chi connectivity index (χ1v) is 20.3. The summed E-state index contributed by atoms with van der Waals surface area (Å²) in [6.45, 7) is 4.28. The summed E-state index contributed by atoms with van der Waals surface area (Å²) in [5.74, 6) is 0.441. The summed E-state index contributed by atoms with van der Waals surface area (Å²) in [4.78, 5) is 53.0. The Hall–Kier alpha value is -5.60. The Morgan fingerprint density at radius 3 is 1.84 bits per heavy atom. The number of nitrogens with one attached hydrogen (secondary N) is 2. The van der Waals surface area contributed by atoms with Gasteiger partial charge in [-0.1, -0.05) is 30.3 Å². The van der Waals surface area contributed by atoms with Crippen LogP contribution in [0.4, 0.5) is 11.4 Å². The van der Waals surface area contributed by atoms with Gasteiger partial charge in [-0.3, -0.25) is 24.1 Å². The fraction of sp³-hybridized carbons (Fsp3) is 0.302. The minimum Gasteiger partial charge on any atom is -0.384 e. The Balaban J connectivity index is 0.000000193. The number of amides is 3. The number of fused-ring (bicyclic) bond motifs is 1. The molecule has 0 radical (unpaired) electrons. The molecule has 14 heteroatoms. The predicted octanol–water partition coefficient (Wildman–Crippen LogP) is 5.28. The second kappa shape index (κ2) is 19.0. The summed E-state index contributed by atoms with van der Waals surface area (Å²) in [6.07, 6.45) is 15.0. The maximum absolute atomic E-state index is 12.9. The number of aromatic nitrogens is 4. The maximum Gasteiger partial charge on any atom is 0.261 e. The van der Waals surface area contributed by atoms with Crippen molar-refractivity contribution in [1.82, 2.24) is 18.9 Å². The number of imidazole rings is 2. The van der Waals surface area contributed by atoms with Gasteiger partial charge in [-0.25, -0.2) is 18.3 Å². The topological polar surface area (TPSA) is 116 Å². The number of thiol groups is 2. The van der Waals surface area contributed by atoms with E-state index in [0.29, 0.717) is 52.2 Å². The number of anilines is 2. The van der Waals surface area contributed by atoms with Crippen LogP contribution >= 0.6 is 25.3 Å². The molecular formula is C43H50N8O4S2+2. The highest BCUT2D eigenvalue weighted by atomic mass is 32.1. The fourth-order valence-corrected chi connectivity index (χ4v) is 7.66. The Morgan fingerprint density at radius 1 is 0.737 bits per heavy atom. The molecule has 7 rings (SSSR count). The molecule has 1 aliphatic rings. The first kappa shape index (κ1) is 41.0. The molecule has 296 valence electrons. The zero-order valence-electron chi connectivity index (χ0n) is 32.6. The van der Waals surface area contributed by atoms with Crippen molar-refractivity contribution in [2.45, 2.75) is 25.9 Å². The molecule has 0 bridgehead atoms. The number of aryl methyl sites for hydroxylation is 4. The van der Waals surface area contributed by atoms with Crippen LogP contribution in [0.25, 0.3) is 21.5 Å². The third-order valence-corrected chi connectivity index (χ3v) is 10.4. The van der Waals surface area contributed by atoms with Crippen molar-refractivity contribution in [2.24, 2.45) is 14.1 Å². The standard InChI is InChI=1S/C22H26N4O2S.C21H22N4O2S/c1-24-11-12-26(16-24)10-4-9-23-20-8-7-19(22(28)25(2)13-14-29)21-17(15-27)5-3-6-18(20)21;1-23-10-11-24(14-23)9-3-8-22-18-7-6-17-19-15(18)4-2-5-16(19)20(26)25(12-13-28)21(17)27/h3,5-8,11-12,15-16,23H,4,9-10,13-14H2,1-2H3;2,4-7,10-11,14,22H,3,8-9,12-13H2,1H3/p+2. The first-order chi connectivity index (χ1) is 27.6. The Labute approximate surface area is 343 Å². The third-order valence-electron chi connectivity index (χ3n) is 9.99. The van der Waals surface area contributed by atoms with E-state index in [-0.39, 0.29) is 17.7 Å². The van der Waals surface area contributed by atoms with Gasteiger partial charge in [-0.2, -0.15) is 25.3 Å². The molecule has 0 aliphatic carbocycles. The van der Waals surface area contributed by atoms with Gasteiger partial charge in [-0.15, -0.1) is 0 Å². The summed E-state index contributed by atoms with van der Waals surface area (Å²) in [5.41, 5.74) is 4.10. The van der Waals surface area contributed by atoms with Gasteiger partial charge in [-0.05, 0) is 30.3 Å². The van der Waals surface area contributed by atoms with Gasteiger partial charge in [0.1, 0.15) is 24.8 Å². The Morgan fingerprint density at radius 2 is 1.30 bits per heavy atom. The lowest BCUT2D eigenvalue weighted by atomic mass is 9.93. The first-order valence-electron chi connectivity index (χ1n) is 19.0. The van der Waals surface area contributed by atoms with Crippen molar-refractivity contribution in [3.63, 3.8) is 0 Å². The van der Waals surface area contributed by atoms with Crippen molar-refractivity contribution >= 4 is 82.2 Å². The second-order valence-electron chi connectivity index (χ2n) is 14.1. The highest BCUT2D eigenvalue weighted by Gasteiger charge is 2.32. The molecule has 6 aromatic rings. The van der Waals surface area contributed by atoms with Gasteiger partial charge in [0.05, 0.1) is 27.2 Å². The Bertz CT molecular complexity index is 2390. The quantitative estimate of drug-likeness (QED) is 0.0348. The van der Waals surface area contributed by atoms with Crippen molar-refractivity contribution in [1.29, 1.82) is 0 Å². The number of aldehydes is 1. The van der Waals surface area contributed by atoms with Crippen LogP contribution in [0.5, 0.6) is 0 Å². The molecule has 0 saturated carbocycles. The lowest BCUT2D eigenvalue weighted by molar-refractivity contribution is -0.671. The van der Waals surface area contributed by atoms with E-state index in [1.165, 1.54) is 4.90 Å². The van der Waals surface area contributed by atoms with Crippen LogP contribution in [0.3, 0.4) is 0 Å². The minimum atomic E-state index is -0.241. The number of benzene rings is 4. The Kier molecular flexibility index (Phi) is 13.7. The summed E-state index contributed by atoms with van der Waals surface area (Å²) >= 11 is 8.38. The van der Waals surface area contributed by atoms with Gasteiger partial charge in [0, 0.05) is 113 Å².